The van der Waals surface area contributed by atoms with Crippen LogP contribution in [-0.2, 0) is 20.7 Å². The van der Waals surface area contributed by atoms with Crippen LogP contribution in [-0.4, -0.2) is 36.5 Å². The summed E-state index contributed by atoms with van der Waals surface area (Å²) in [4.78, 5) is 26.8. The third-order valence-corrected chi connectivity index (χ3v) is 4.18. The molecule has 1 aliphatic rings. The van der Waals surface area contributed by atoms with Gasteiger partial charge in [0.15, 0.2) is 0 Å². The highest BCUT2D eigenvalue weighted by Gasteiger charge is 2.29. The molecule has 1 aliphatic heterocycles. The van der Waals surface area contributed by atoms with Crippen molar-refractivity contribution >= 4 is 23.2 Å². The zero-order valence-corrected chi connectivity index (χ0v) is 11.9. The van der Waals surface area contributed by atoms with Gasteiger partial charge in [-0.1, -0.05) is 6.07 Å². The predicted molar refractivity (Wildman–Crippen MR) is 74.0 cm³/mol. The summed E-state index contributed by atoms with van der Waals surface area (Å²) in [6.07, 6.45) is 2.13. The molecule has 1 aromatic heterocycles. The minimum atomic E-state index is -0.170. The topological polar surface area (TPSA) is 46.6 Å². The number of amides is 1. The number of thiophene rings is 1. The van der Waals surface area contributed by atoms with Crippen LogP contribution in [0.4, 0.5) is 0 Å². The fraction of sp³-hybridized carbons (Fsp3) is 0.571. The van der Waals surface area contributed by atoms with Gasteiger partial charge in [0.2, 0.25) is 5.91 Å². The quantitative estimate of drug-likeness (QED) is 0.794. The second kappa shape index (κ2) is 6.70. The molecule has 1 amide bonds. The lowest BCUT2D eigenvalue weighted by atomic mass is 9.98. The first-order chi connectivity index (χ1) is 9.20. The van der Waals surface area contributed by atoms with Crippen LogP contribution in [0.3, 0.4) is 0 Å². The first-order valence-electron chi connectivity index (χ1n) is 6.67. The molecule has 1 unspecified atom stereocenters. The van der Waals surface area contributed by atoms with E-state index in [9.17, 15) is 9.59 Å². The second-order valence-electron chi connectivity index (χ2n) is 4.69. The van der Waals surface area contributed by atoms with Gasteiger partial charge < -0.3 is 9.64 Å². The fourth-order valence-corrected chi connectivity index (χ4v) is 3.03. The van der Waals surface area contributed by atoms with E-state index in [1.54, 1.807) is 23.2 Å². The van der Waals surface area contributed by atoms with Gasteiger partial charge in [-0.3, -0.25) is 9.59 Å². The molecule has 0 saturated carbocycles. The lowest BCUT2D eigenvalue weighted by Crippen LogP contribution is -2.43. The van der Waals surface area contributed by atoms with Crippen molar-refractivity contribution < 1.29 is 14.3 Å². The number of hydrogen-bond acceptors (Lipinski definition) is 4. The summed E-state index contributed by atoms with van der Waals surface area (Å²) in [6.45, 7) is 3.46. The molecule has 2 rings (SSSR count). The largest absolute Gasteiger partial charge is 0.466 e. The van der Waals surface area contributed by atoms with Gasteiger partial charge in [-0.05, 0) is 31.2 Å². The van der Waals surface area contributed by atoms with E-state index in [0.717, 1.165) is 24.3 Å². The zero-order chi connectivity index (χ0) is 13.7. The molecular weight excluding hydrogens is 262 g/mol. The Hall–Kier alpha value is -1.36. The highest BCUT2D eigenvalue weighted by atomic mass is 32.1. The fourth-order valence-electron chi connectivity index (χ4n) is 2.33. The molecule has 1 aromatic rings. The molecule has 0 spiro atoms. The minimum Gasteiger partial charge on any atom is -0.466 e. The lowest BCUT2D eigenvalue weighted by molar-refractivity contribution is -0.151. The number of rotatable bonds is 4. The first kappa shape index (κ1) is 14.1. The Morgan fingerprint density at radius 2 is 2.37 bits per heavy atom. The highest BCUT2D eigenvalue weighted by molar-refractivity contribution is 7.10. The highest BCUT2D eigenvalue weighted by Crippen LogP contribution is 2.19. The average Bonchev–Trinajstić information content (AvgIpc) is 2.92. The maximum absolute atomic E-state index is 12.2. The summed E-state index contributed by atoms with van der Waals surface area (Å²) in [5.74, 6) is -0.214. The van der Waals surface area contributed by atoms with Crippen LogP contribution in [0.5, 0.6) is 0 Å². The maximum atomic E-state index is 12.2. The van der Waals surface area contributed by atoms with Crippen LogP contribution in [0, 0.1) is 5.92 Å². The van der Waals surface area contributed by atoms with E-state index in [1.165, 1.54) is 0 Å². The van der Waals surface area contributed by atoms with Crippen molar-refractivity contribution in [3.8, 4) is 0 Å². The molecule has 1 fully saturated rings. The molecule has 5 heteroatoms. The number of likely N-dealkylation sites (tertiary alicyclic amines) is 1. The van der Waals surface area contributed by atoms with Gasteiger partial charge in [-0.2, -0.15) is 0 Å². The van der Waals surface area contributed by atoms with Crippen molar-refractivity contribution in [1.29, 1.82) is 0 Å². The third-order valence-electron chi connectivity index (χ3n) is 3.30. The summed E-state index contributed by atoms with van der Waals surface area (Å²) in [5.41, 5.74) is 0. The lowest BCUT2D eigenvalue weighted by Gasteiger charge is -2.31. The Labute approximate surface area is 117 Å². The summed E-state index contributed by atoms with van der Waals surface area (Å²) < 4.78 is 5.04. The normalized spacial score (nSPS) is 19.2. The number of hydrogen-bond donors (Lipinski definition) is 0. The van der Waals surface area contributed by atoms with Crippen LogP contribution in [0.1, 0.15) is 24.6 Å². The van der Waals surface area contributed by atoms with E-state index < -0.39 is 0 Å². The molecule has 4 nitrogen and oxygen atoms in total. The van der Waals surface area contributed by atoms with Gasteiger partial charge >= 0.3 is 5.97 Å². The number of piperidine rings is 1. The summed E-state index contributed by atoms with van der Waals surface area (Å²) in [5, 5.41) is 1.97. The Balaban J connectivity index is 1.89. The van der Waals surface area contributed by atoms with Gasteiger partial charge in [-0.25, -0.2) is 0 Å². The van der Waals surface area contributed by atoms with E-state index in [1.807, 2.05) is 17.5 Å². The van der Waals surface area contributed by atoms with Crippen molar-refractivity contribution in [3.63, 3.8) is 0 Å². The Bertz CT molecular complexity index is 430. The summed E-state index contributed by atoms with van der Waals surface area (Å²) in [6, 6.07) is 3.92. The summed E-state index contributed by atoms with van der Waals surface area (Å²) in [7, 11) is 0. The van der Waals surface area contributed by atoms with Crippen molar-refractivity contribution in [2.24, 2.45) is 5.92 Å². The van der Waals surface area contributed by atoms with E-state index in [2.05, 4.69) is 0 Å². The molecule has 0 bridgehead atoms. The number of esters is 1. The number of nitrogens with zero attached hydrogens (tertiary/aromatic N) is 1. The zero-order valence-electron chi connectivity index (χ0n) is 11.1. The van der Waals surface area contributed by atoms with Gasteiger partial charge in [0.25, 0.3) is 0 Å². The van der Waals surface area contributed by atoms with Crippen molar-refractivity contribution in [2.45, 2.75) is 26.2 Å². The molecule has 1 saturated heterocycles. The number of carbonyl (C=O) groups is 2. The summed E-state index contributed by atoms with van der Waals surface area (Å²) >= 11 is 1.59. The van der Waals surface area contributed by atoms with Gasteiger partial charge in [0.1, 0.15) is 0 Å². The standard InChI is InChI=1S/C14H19NO3S/c1-2-18-14(17)11-5-3-7-15(10-11)13(16)9-12-6-4-8-19-12/h4,6,8,11H,2-3,5,7,9-10H2,1H3. The molecule has 0 N–H and O–H groups in total. The van der Waals surface area contributed by atoms with Crippen molar-refractivity contribution in [2.75, 3.05) is 19.7 Å². The number of carbonyl (C=O) groups excluding carboxylic acids is 2. The Morgan fingerprint density at radius 3 is 3.05 bits per heavy atom. The molecule has 2 heterocycles. The second-order valence-corrected chi connectivity index (χ2v) is 5.72. The maximum Gasteiger partial charge on any atom is 0.310 e. The van der Waals surface area contributed by atoms with Crippen molar-refractivity contribution in [1.82, 2.24) is 4.90 Å². The smallest absolute Gasteiger partial charge is 0.310 e. The Morgan fingerprint density at radius 1 is 1.53 bits per heavy atom. The van der Waals surface area contributed by atoms with Gasteiger partial charge in [0, 0.05) is 18.0 Å². The van der Waals surface area contributed by atoms with Crippen LogP contribution in [0.2, 0.25) is 0 Å². The van der Waals surface area contributed by atoms with E-state index in [0.29, 0.717) is 19.6 Å². The monoisotopic (exact) mass is 281 g/mol. The molecule has 104 valence electrons. The molecule has 0 aromatic carbocycles. The molecule has 0 aliphatic carbocycles. The van der Waals surface area contributed by atoms with Crippen LogP contribution in [0.25, 0.3) is 0 Å². The van der Waals surface area contributed by atoms with Crippen LogP contribution >= 0.6 is 11.3 Å². The van der Waals surface area contributed by atoms with Gasteiger partial charge in [0.05, 0.1) is 18.9 Å². The predicted octanol–water partition coefficient (Wildman–Crippen LogP) is 2.09. The van der Waals surface area contributed by atoms with Crippen LogP contribution in [0.15, 0.2) is 17.5 Å². The van der Waals surface area contributed by atoms with Gasteiger partial charge in [-0.15, -0.1) is 11.3 Å². The number of ether oxygens (including phenoxy) is 1. The van der Waals surface area contributed by atoms with E-state index in [4.69, 9.17) is 4.74 Å². The molecule has 19 heavy (non-hydrogen) atoms. The first-order valence-corrected chi connectivity index (χ1v) is 7.55. The SMILES string of the molecule is CCOC(=O)C1CCCN(C(=O)Cc2cccs2)C1. The minimum absolute atomic E-state index is 0.108. The van der Waals surface area contributed by atoms with Crippen molar-refractivity contribution in [3.05, 3.63) is 22.4 Å². The average molecular weight is 281 g/mol. The van der Waals surface area contributed by atoms with E-state index in [-0.39, 0.29) is 17.8 Å². The van der Waals surface area contributed by atoms with Crippen LogP contribution < -0.4 is 0 Å². The van der Waals surface area contributed by atoms with E-state index >= 15 is 0 Å². The third kappa shape index (κ3) is 3.80. The Kier molecular flexibility index (Phi) is 4.96. The molecular formula is C14H19NO3S. The molecule has 0 radical (unpaired) electrons. The molecule has 1 atom stereocenters.